The second-order valence-electron chi connectivity index (χ2n) is 7.66. The fraction of sp³-hybridized carbons (Fsp3) is 1.00. The first-order valence-electron chi connectivity index (χ1n) is 8.80. The fourth-order valence-corrected chi connectivity index (χ4v) is 3.51. The lowest BCUT2D eigenvalue weighted by Gasteiger charge is -2.34. The molecule has 2 rings (SSSR count). The molecular formula is C17H35N3O. The number of nitrogens with one attached hydrogen (secondary N) is 1. The molecule has 0 aromatic rings. The van der Waals surface area contributed by atoms with Crippen molar-refractivity contribution in [2.75, 3.05) is 45.9 Å². The first-order chi connectivity index (χ1) is 9.99. The average Bonchev–Trinajstić information content (AvgIpc) is 2.93. The molecule has 21 heavy (non-hydrogen) atoms. The summed E-state index contributed by atoms with van der Waals surface area (Å²) < 4.78 is 5.48. The smallest absolute Gasteiger partial charge is 0.0594 e. The first kappa shape index (κ1) is 17.2. The van der Waals surface area contributed by atoms with Crippen LogP contribution in [0.4, 0.5) is 0 Å². The lowest BCUT2D eigenvalue weighted by Crippen LogP contribution is -2.49. The van der Waals surface area contributed by atoms with E-state index in [9.17, 15) is 0 Å². The van der Waals surface area contributed by atoms with E-state index in [2.05, 4.69) is 42.8 Å². The Bertz CT molecular complexity index is 297. The third-order valence-electron chi connectivity index (χ3n) is 4.76. The zero-order chi connectivity index (χ0) is 15.3. The Kier molecular flexibility index (Phi) is 6.48. The molecule has 0 aliphatic carbocycles. The maximum absolute atomic E-state index is 5.48. The van der Waals surface area contributed by atoms with Gasteiger partial charge in [-0.1, -0.05) is 13.3 Å². The Morgan fingerprint density at radius 3 is 2.52 bits per heavy atom. The van der Waals surface area contributed by atoms with Crippen LogP contribution in [-0.4, -0.2) is 73.4 Å². The van der Waals surface area contributed by atoms with Crippen molar-refractivity contribution in [3.05, 3.63) is 0 Å². The Hall–Kier alpha value is -0.160. The molecule has 124 valence electrons. The van der Waals surface area contributed by atoms with Gasteiger partial charge >= 0.3 is 0 Å². The molecule has 1 N–H and O–H groups in total. The van der Waals surface area contributed by atoms with Crippen LogP contribution in [0.15, 0.2) is 0 Å². The molecule has 2 saturated heterocycles. The van der Waals surface area contributed by atoms with E-state index < -0.39 is 0 Å². The Morgan fingerprint density at radius 1 is 1.19 bits per heavy atom. The predicted octanol–water partition coefficient (Wildman–Crippen LogP) is 1.95. The van der Waals surface area contributed by atoms with E-state index in [0.717, 1.165) is 38.9 Å². The summed E-state index contributed by atoms with van der Waals surface area (Å²) in [6.07, 6.45) is 3.91. The summed E-state index contributed by atoms with van der Waals surface area (Å²) in [5.41, 5.74) is 0.218. The number of ether oxygens (including phenoxy) is 1. The summed E-state index contributed by atoms with van der Waals surface area (Å²) >= 11 is 0. The van der Waals surface area contributed by atoms with Crippen molar-refractivity contribution in [3.63, 3.8) is 0 Å². The number of rotatable bonds is 6. The topological polar surface area (TPSA) is 27.7 Å². The van der Waals surface area contributed by atoms with Gasteiger partial charge in [0, 0.05) is 50.3 Å². The number of hydrogen-bond donors (Lipinski definition) is 1. The highest BCUT2D eigenvalue weighted by atomic mass is 16.5. The molecule has 2 aliphatic rings. The van der Waals surface area contributed by atoms with Gasteiger partial charge in [-0.05, 0) is 33.6 Å². The van der Waals surface area contributed by atoms with Crippen molar-refractivity contribution in [3.8, 4) is 0 Å². The van der Waals surface area contributed by atoms with Crippen LogP contribution < -0.4 is 5.32 Å². The molecule has 4 nitrogen and oxygen atoms in total. The van der Waals surface area contributed by atoms with E-state index in [4.69, 9.17) is 4.74 Å². The zero-order valence-electron chi connectivity index (χ0n) is 14.5. The van der Waals surface area contributed by atoms with Gasteiger partial charge in [-0.3, -0.25) is 9.80 Å². The van der Waals surface area contributed by atoms with E-state index in [1.54, 1.807) is 0 Å². The number of likely N-dealkylation sites (tertiary alicyclic amines) is 1. The third-order valence-corrected chi connectivity index (χ3v) is 4.76. The van der Waals surface area contributed by atoms with Gasteiger partial charge in [0.15, 0.2) is 0 Å². The van der Waals surface area contributed by atoms with Gasteiger partial charge in [-0.2, -0.15) is 0 Å². The summed E-state index contributed by atoms with van der Waals surface area (Å²) in [5, 5.41) is 3.70. The van der Waals surface area contributed by atoms with Crippen molar-refractivity contribution in [2.24, 2.45) is 0 Å². The number of morpholine rings is 1. The molecule has 2 heterocycles. The highest BCUT2D eigenvalue weighted by molar-refractivity contribution is 4.89. The minimum absolute atomic E-state index is 0.218. The fourth-order valence-electron chi connectivity index (χ4n) is 3.51. The summed E-state index contributed by atoms with van der Waals surface area (Å²) in [4.78, 5) is 5.37. The lowest BCUT2D eigenvalue weighted by atomic mass is 10.1. The summed E-state index contributed by atoms with van der Waals surface area (Å²) in [6.45, 7) is 16.8. The summed E-state index contributed by atoms with van der Waals surface area (Å²) in [5.74, 6) is 0. The molecule has 2 fully saturated rings. The van der Waals surface area contributed by atoms with Crippen LogP contribution in [0.3, 0.4) is 0 Å². The van der Waals surface area contributed by atoms with Crippen LogP contribution in [0.5, 0.6) is 0 Å². The van der Waals surface area contributed by atoms with Crippen LogP contribution in [0.1, 0.15) is 47.0 Å². The van der Waals surface area contributed by atoms with E-state index in [1.165, 1.54) is 32.4 Å². The minimum Gasteiger partial charge on any atom is -0.379 e. The Balaban J connectivity index is 1.83. The monoisotopic (exact) mass is 297 g/mol. The summed E-state index contributed by atoms with van der Waals surface area (Å²) in [7, 11) is 0. The Labute approximate surface area is 131 Å². The molecule has 2 unspecified atom stereocenters. The van der Waals surface area contributed by atoms with Crippen molar-refractivity contribution >= 4 is 0 Å². The summed E-state index contributed by atoms with van der Waals surface area (Å²) in [6, 6.07) is 1.45. The van der Waals surface area contributed by atoms with Crippen molar-refractivity contribution in [1.29, 1.82) is 0 Å². The molecule has 0 radical (unpaired) electrons. The SMILES string of the molecule is CCCC(CNC(C)(C)C)N1CCC(N2CCOCC2)C1. The second kappa shape index (κ2) is 7.91. The molecule has 0 aromatic heterocycles. The van der Waals surface area contributed by atoms with E-state index in [0.29, 0.717) is 6.04 Å². The van der Waals surface area contributed by atoms with Crippen LogP contribution in [0, 0.1) is 0 Å². The highest BCUT2D eigenvalue weighted by Gasteiger charge is 2.32. The van der Waals surface area contributed by atoms with Gasteiger partial charge < -0.3 is 10.1 Å². The van der Waals surface area contributed by atoms with Crippen LogP contribution in [-0.2, 0) is 4.74 Å². The van der Waals surface area contributed by atoms with Crippen LogP contribution in [0.2, 0.25) is 0 Å². The van der Waals surface area contributed by atoms with E-state index in [-0.39, 0.29) is 5.54 Å². The number of hydrogen-bond acceptors (Lipinski definition) is 4. The van der Waals surface area contributed by atoms with Crippen molar-refractivity contribution in [1.82, 2.24) is 15.1 Å². The second-order valence-corrected chi connectivity index (χ2v) is 7.66. The lowest BCUT2D eigenvalue weighted by molar-refractivity contribution is 0.0174. The van der Waals surface area contributed by atoms with Crippen LogP contribution >= 0.6 is 0 Å². The Morgan fingerprint density at radius 2 is 1.90 bits per heavy atom. The molecule has 0 saturated carbocycles. The van der Waals surface area contributed by atoms with Gasteiger partial charge in [-0.15, -0.1) is 0 Å². The molecule has 4 heteroatoms. The molecule has 2 aliphatic heterocycles. The van der Waals surface area contributed by atoms with Crippen molar-refractivity contribution in [2.45, 2.75) is 64.6 Å². The van der Waals surface area contributed by atoms with Crippen LogP contribution in [0.25, 0.3) is 0 Å². The molecule has 2 atom stereocenters. The normalized spacial score (nSPS) is 27.1. The standard InChI is InChI=1S/C17H35N3O/c1-5-6-15(13-18-17(2,3)4)20-8-7-16(14-20)19-9-11-21-12-10-19/h15-16,18H,5-14H2,1-4H3. The quantitative estimate of drug-likeness (QED) is 0.811. The van der Waals surface area contributed by atoms with E-state index >= 15 is 0 Å². The van der Waals surface area contributed by atoms with Gasteiger partial charge in [0.1, 0.15) is 0 Å². The molecule has 0 bridgehead atoms. The highest BCUT2D eigenvalue weighted by Crippen LogP contribution is 2.21. The van der Waals surface area contributed by atoms with Gasteiger partial charge in [0.05, 0.1) is 13.2 Å². The maximum Gasteiger partial charge on any atom is 0.0594 e. The van der Waals surface area contributed by atoms with Gasteiger partial charge in [0.25, 0.3) is 0 Å². The molecule has 0 aromatic carbocycles. The number of nitrogens with zero attached hydrogens (tertiary/aromatic N) is 2. The van der Waals surface area contributed by atoms with Crippen molar-refractivity contribution < 1.29 is 4.74 Å². The molecular weight excluding hydrogens is 262 g/mol. The van der Waals surface area contributed by atoms with Gasteiger partial charge in [-0.25, -0.2) is 0 Å². The largest absolute Gasteiger partial charge is 0.379 e. The zero-order valence-corrected chi connectivity index (χ0v) is 14.5. The average molecular weight is 297 g/mol. The third kappa shape index (κ3) is 5.51. The molecule has 0 spiro atoms. The predicted molar refractivity (Wildman–Crippen MR) is 88.8 cm³/mol. The molecule has 0 amide bonds. The maximum atomic E-state index is 5.48. The minimum atomic E-state index is 0.218. The van der Waals surface area contributed by atoms with Gasteiger partial charge in [0.2, 0.25) is 0 Å². The first-order valence-corrected chi connectivity index (χ1v) is 8.80. The van der Waals surface area contributed by atoms with E-state index in [1.807, 2.05) is 0 Å².